The second-order valence-corrected chi connectivity index (χ2v) is 8.51. The molecular formula is C23H23O3P. The van der Waals surface area contributed by atoms with Gasteiger partial charge >= 0.3 is 5.97 Å². The van der Waals surface area contributed by atoms with Crippen LogP contribution in [-0.2, 0) is 9.53 Å². The Kier molecular flexibility index (Phi) is 6.62. The van der Waals surface area contributed by atoms with Gasteiger partial charge in [0, 0.05) is 5.66 Å². The van der Waals surface area contributed by atoms with E-state index in [1.807, 2.05) is 36.4 Å². The Labute approximate surface area is 161 Å². The predicted molar refractivity (Wildman–Crippen MR) is 111 cm³/mol. The Morgan fingerprint density at radius 1 is 0.815 bits per heavy atom. The van der Waals surface area contributed by atoms with Crippen LogP contribution in [0.25, 0.3) is 0 Å². The average molecular weight is 378 g/mol. The van der Waals surface area contributed by atoms with Crippen molar-refractivity contribution >= 4 is 24.5 Å². The van der Waals surface area contributed by atoms with Gasteiger partial charge in [-0.15, -0.1) is 0 Å². The lowest BCUT2D eigenvalue weighted by Crippen LogP contribution is -2.19. The number of carbonyl (C=O) groups is 1. The molecule has 0 aliphatic carbocycles. The van der Waals surface area contributed by atoms with Crippen LogP contribution < -0.4 is 15.3 Å². The topological polar surface area (TPSA) is 35.5 Å². The SMILES string of the molecule is COC(=O)C[C@H](c1ccc(OC)cc1)P(c1ccccc1)c1ccccc1. The molecular weight excluding hydrogens is 355 g/mol. The van der Waals surface area contributed by atoms with E-state index < -0.39 is 7.92 Å². The molecule has 4 heteroatoms. The maximum atomic E-state index is 12.2. The maximum absolute atomic E-state index is 12.2. The molecule has 0 amide bonds. The van der Waals surface area contributed by atoms with Crippen LogP contribution in [0.15, 0.2) is 84.9 Å². The molecule has 3 rings (SSSR count). The number of benzene rings is 3. The summed E-state index contributed by atoms with van der Waals surface area (Å²) in [6.45, 7) is 0. The van der Waals surface area contributed by atoms with Gasteiger partial charge in [0.25, 0.3) is 0 Å². The van der Waals surface area contributed by atoms with Gasteiger partial charge in [0.2, 0.25) is 0 Å². The van der Waals surface area contributed by atoms with Crippen molar-refractivity contribution in [3.8, 4) is 5.75 Å². The van der Waals surface area contributed by atoms with Crippen LogP contribution in [0.2, 0.25) is 0 Å². The number of hydrogen-bond acceptors (Lipinski definition) is 3. The first-order valence-corrected chi connectivity index (χ1v) is 10.2. The van der Waals surface area contributed by atoms with E-state index in [1.165, 1.54) is 17.7 Å². The fourth-order valence-corrected chi connectivity index (χ4v) is 5.92. The van der Waals surface area contributed by atoms with E-state index in [1.54, 1.807) is 7.11 Å². The summed E-state index contributed by atoms with van der Waals surface area (Å²) in [5, 5.41) is 2.48. The fourth-order valence-electron chi connectivity index (χ4n) is 3.11. The summed E-state index contributed by atoms with van der Waals surface area (Å²) in [4.78, 5) is 12.2. The monoisotopic (exact) mass is 378 g/mol. The van der Waals surface area contributed by atoms with Gasteiger partial charge in [0.1, 0.15) is 5.75 Å². The first-order chi connectivity index (χ1) is 13.2. The second kappa shape index (κ2) is 9.34. The zero-order valence-corrected chi connectivity index (χ0v) is 16.4. The van der Waals surface area contributed by atoms with Crippen molar-refractivity contribution in [2.75, 3.05) is 14.2 Å². The van der Waals surface area contributed by atoms with Crippen molar-refractivity contribution in [1.82, 2.24) is 0 Å². The Bertz CT molecular complexity index is 808. The highest BCUT2D eigenvalue weighted by molar-refractivity contribution is 7.73. The summed E-state index contributed by atoms with van der Waals surface area (Å²) < 4.78 is 10.3. The first-order valence-electron chi connectivity index (χ1n) is 8.83. The highest BCUT2D eigenvalue weighted by Gasteiger charge is 2.28. The molecule has 0 heterocycles. The third kappa shape index (κ3) is 4.75. The molecule has 3 aromatic rings. The van der Waals surface area contributed by atoms with Gasteiger partial charge in [-0.05, 0) is 36.2 Å². The van der Waals surface area contributed by atoms with Crippen molar-refractivity contribution in [2.24, 2.45) is 0 Å². The van der Waals surface area contributed by atoms with Crippen LogP contribution in [0.3, 0.4) is 0 Å². The number of methoxy groups -OCH3 is 2. The van der Waals surface area contributed by atoms with E-state index in [9.17, 15) is 4.79 Å². The Morgan fingerprint density at radius 3 is 1.78 bits per heavy atom. The van der Waals surface area contributed by atoms with Gasteiger partial charge in [0.15, 0.2) is 0 Å². The minimum atomic E-state index is -0.784. The number of rotatable bonds is 7. The van der Waals surface area contributed by atoms with Gasteiger partial charge < -0.3 is 9.47 Å². The molecule has 0 spiro atoms. The van der Waals surface area contributed by atoms with Gasteiger partial charge in [-0.2, -0.15) is 0 Å². The minimum Gasteiger partial charge on any atom is -0.497 e. The van der Waals surface area contributed by atoms with E-state index in [4.69, 9.17) is 9.47 Å². The Morgan fingerprint density at radius 2 is 1.33 bits per heavy atom. The number of ether oxygens (including phenoxy) is 2. The fraction of sp³-hybridized carbons (Fsp3) is 0.174. The largest absolute Gasteiger partial charge is 0.497 e. The molecule has 27 heavy (non-hydrogen) atoms. The molecule has 3 aromatic carbocycles. The molecule has 0 fully saturated rings. The van der Waals surface area contributed by atoms with Gasteiger partial charge in [-0.25, -0.2) is 0 Å². The zero-order valence-electron chi connectivity index (χ0n) is 15.5. The molecule has 0 aliphatic rings. The molecule has 0 bridgehead atoms. The predicted octanol–water partition coefficient (Wildman–Crippen LogP) is 4.43. The molecule has 0 unspecified atom stereocenters. The van der Waals surface area contributed by atoms with Crippen molar-refractivity contribution in [3.05, 3.63) is 90.5 Å². The van der Waals surface area contributed by atoms with Crippen molar-refractivity contribution in [2.45, 2.75) is 12.1 Å². The third-order valence-electron chi connectivity index (χ3n) is 4.47. The van der Waals surface area contributed by atoms with E-state index in [0.717, 1.165) is 11.3 Å². The lowest BCUT2D eigenvalue weighted by Gasteiger charge is -2.28. The quantitative estimate of drug-likeness (QED) is 0.451. The molecule has 0 radical (unpaired) electrons. The van der Waals surface area contributed by atoms with Gasteiger partial charge in [0.05, 0.1) is 20.6 Å². The average Bonchev–Trinajstić information content (AvgIpc) is 2.75. The molecule has 0 saturated heterocycles. The summed E-state index contributed by atoms with van der Waals surface area (Å²) in [6.07, 6.45) is 0.332. The van der Waals surface area contributed by atoms with E-state index in [-0.39, 0.29) is 11.6 Å². The number of carbonyl (C=O) groups excluding carboxylic acids is 1. The minimum absolute atomic E-state index is 0.0168. The van der Waals surface area contributed by atoms with E-state index in [2.05, 4.69) is 48.5 Å². The zero-order chi connectivity index (χ0) is 19.1. The van der Waals surface area contributed by atoms with Crippen LogP contribution in [-0.4, -0.2) is 20.2 Å². The van der Waals surface area contributed by atoms with Crippen molar-refractivity contribution < 1.29 is 14.3 Å². The van der Waals surface area contributed by atoms with Crippen LogP contribution in [0.4, 0.5) is 0 Å². The molecule has 3 nitrogen and oxygen atoms in total. The lowest BCUT2D eigenvalue weighted by atomic mass is 10.1. The molecule has 138 valence electrons. The standard InChI is InChI=1S/C23H23O3P/c1-25-19-15-13-18(14-16-19)22(17-23(24)26-2)27(20-9-5-3-6-10-20)21-11-7-4-8-12-21/h3-16,22H,17H2,1-2H3/t22-/m1/s1. The summed E-state index contributed by atoms with van der Waals surface area (Å²) in [5.74, 6) is 0.606. The van der Waals surface area contributed by atoms with Crippen molar-refractivity contribution in [3.63, 3.8) is 0 Å². The summed E-state index contributed by atoms with van der Waals surface area (Å²) in [6, 6.07) is 28.8. The third-order valence-corrected chi connectivity index (χ3v) is 7.28. The van der Waals surface area contributed by atoms with Crippen LogP contribution in [0.1, 0.15) is 17.6 Å². The number of esters is 1. The van der Waals surface area contributed by atoms with E-state index >= 15 is 0 Å². The summed E-state index contributed by atoms with van der Waals surface area (Å²) >= 11 is 0. The Balaban J connectivity index is 2.10. The number of hydrogen-bond donors (Lipinski definition) is 0. The van der Waals surface area contributed by atoms with Crippen LogP contribution in [0.5, 0.6) is 5.75 Å². The van der Waals surface area contributed by atoms with Gasteiger partial charge in [-0.1, -0.05) is 72.8 Å². The highest BCUT2D eigenvalue weighted by Crippen LogP contribution is 2.51. The molecule has 0 aromatic heterocycles. The van der Waals surface area contributed by atoms with Crippen LogP contribution >= 0.6 is 7.92 Å². The second-order valence-electron chi connectivity index (χ2n) is 6.11. The lowest BCUT2D eigenvalue weighted by molar-refractivity contribution is -0.140. The Hall–Kier alpha value is -2.64. The normalized spacial score (nSPS) is 11.8. The maximum Gasteiger partial charge on any atom is 0.306 e. The van der Waals surface area contributed by atoms with Crippen molar-refractivity contribution in [1.29, 1.82) is 0 Å². The van der Waals surface area contributed by atoms with E-state index in [0.29, 0.717) is 6.42 Å². The van der Waals surface area contributed by atoms with Crippen LogP contribution in [0, 0.1) is 0 Å². The summed E-state index contributed by atoms with van der Waals surface area (Å²) in [5.41, 5.74) is 1.13. The molecule has 0 N–H and O–H groups in total. The molecule has 0 saturated carbocycles. The molecule has 1 atom stereocenters. The first kappa shape index (κ1) is 19.1. The smallest absolute Gasteiger partial charge is 0.306 e. The molecule has 0 aliphatic heterocycles. The highest BCUT2D eigenvalue weighted by atomic mass is 31.1. The van der Waals surface area contributed by atoms with Gasteiger partial charge in [-0.3, -0.25) is 4.79 Å². The summed E-state index contributed by atoms with van der Waals surface area (Å²) in [7, 11) is 2.32.